The Morgan fingerprint density at radius 2 is 2.00 bits per heavy atom. The predicted octanol–water partition coefficient (Wildman–Crippen LogP) is -1.28. The molecule has 8 nitrogen and oxygen atoms in total. The second kappa shape index (κ2) is 7.50. The second-order valence-corrected chi connectivity index (χ2v) is 7.52. The number of nitrogens with zero attached hydrogens (tertiary/aromatic N) is 3. The fourth-order valence-electron chi connectivity index (χ4n) is 2.38. The van der Waals surface area contributed by atoms with E-state index in [4.69, 9.17) is 0 Å². The van der Waals surface area contributed by atoms with Crippen molar-refractivity contribution in [1.29, 1.82) is 0 Å². The SMILES string of the molecule is COC(=O)CCN(C)S(=O)(=O)N1CC(O)CC1CN(C)C. The van der Waals surface area contributed by atoms with Gasteiger partial charge in [0.05, 0.1) is 19.6 Å². The van der Waals surface area contributed by atoms with Gasteiger partial charge in [-0.25, -0.2) is 0 Å². The minimum absolute atomic E-state index is 0.000963. The molecular formula is C12H25N3O5S. The number of hydrogen-bond acceptors (Lipinski definition) is 6. The van der Waals surface area contributed by atoms with Crippen molar-refractivity contribution >= 4 is 16.2 Å². The molecule has 1 heterocycles. The van der Waals surface area contributed by atoms with Crippen molar-refractivity contribution in [2.45, 2.75) is 25.0 Å². The number of carbonyl (C=O) groups excluding carboxylic acids is 1. The molecule has 1 fully saturated rings. The summed E-state index contributed by atoms with van der Waals surface area (Å²) in [5, 5.41) is 9.77. The highest BCUT2D eigenvalue weighted by Crippen LogP contribution is 2.23. The third-order valence-corrected chi connectivity index (χ3v) is 5.48. The van der Waals surface area contributed by atoms with Gasteiger partial charge in [-0.05, 0) is 20.5 Å². The molecule has 1 aliphatic rings. The maximum absolute atomic E-state index is 12.5. The first-order valence-corrected chi connectivity index (χ1v) is 8.21. The van der Waals surface area contributed by atoms with Crippen molar-refractivity contribution in [3.63, 3.8) is 0 Å². The van der Waals surface area contributed by atoms with Crippen LogP contribution in [0.4, 0.5) is 0 Å². The summed E-state index contributed by atoms with van der Waals surface area (Å²) in [6.07, 6.45) is -0.234. The Bertz CT molecular complexity index is 454. The summed E-state index contributed by atoms with van der Waals surface area (Å²) in [6.45, 7) is 0.681. The van der Waals surface area contributed by atoms with Crippen LogP contribution in [0.15, 0.2) is 0 Å². The minimum atomic E-state index is -3.70. The Labute approximate surface area is 126 Å². The lowest BCUT2D eigenvalue weighted by molar-refractivity contribution is -0.140. The summed E-state index contributed by atoms with van der Waals surface area (Å²) in [4.78, 5) is 13.0. The molecule has 0 bridgehead atoms. The molecular weight excluding hydrogens is 298 g/mol. The first kappa shape index (κ1) is 18.3. The summed E-state index contributed by atoms with van der Waals surface area (Å²) >= 11 is 0. The summed E-state index contributed by atoms with van der Waals surface area (Å²) in [7, 11) is 2.71. The monoisotopic (exact) mass is 323 g/mol. The van der Waals surface area contributed by atoms with E-state index in [1.54, 1.807) is 0 Å². The molecule has 1 aliphatic heterocycles. The van der Waals surface area contributed by atoms with Gasteiger partial charge in [-0.3, -0.25) is 4.79 Å². The average molecular weight is 323 g/mol. The molecule has 21 heavy (non-hydrogen) atoms. The van der Waals surface area contributed by atoms with Crippen LogP contribution in [-0.4, -0.2) is 93.0 Å². The molecule has 0 amide bonds. The van der Waals surface area contributed by atoms with Crippen LogP contribution in [0.3, 0.4) is 0 Å². The van der Waals surface area contributed by atoms with Crippen LogP contribution in [-0.2, 0) is 19.7 Å². The van der Waals surface area contributed by atoms with Crippen molar-refractivity contribution in [3.8, 4) is 0 Å². The molecule has 0 aromatic heterocycles. The lowest BCUT2D eigenvalue weighted by Crippen LogP contribution is -2.48. The van der Waals surface area contributed by atoms with Gasteiger partial charge in [-0.15, -0.1) is 0 Å². The Balaban J connectivity index is 2.76. The summed E-state index contributed by atoms with van der Waals surface area (Å²) < 4.78 is 32.0. The van der Waals surface area contributed by atoms with Crippen molar-refractivity contribution in [2.24, 2.45) is 0 Å². The van der Waals surface area contributed by atoms with Crippen molar-refractivity contribution < 1.29 is 23.1 Å². The van der Waals surface area contributed by atoms with Crippen LogP contribution in [0.5, 0.6) is 0 Å². The lowest BCUT2D eigenvalue weighted by Gasteiger charge is -2.29. The number of hydrogen-bond donors (Lipinski definition) is 1. The van der Waals surface area contributed by atoms with Crippen molar-refractivity contribution in [1.82, 2.24) is 13.5 Å². The largest absolute Gasteiger partial charge is 0.469 e. The standard InChI is InChI=1S/C12H25N3O5S/c1-13(2)8-10-7-11(16)9-15(10)21(18,19)14(3)6-5-12(17)20-4/h10-11,16H,5-9H2,1-4H3. The molecule has 0 aromatic carbocycles. The van der Waals surface area contributed by atoms with Gasteiger partial charge in [0.15, 0.2) is 0 Å². The second-order valence-electron chi connectivity index (χ2n) is 5.53. The Kier molecular flexibility index (Phi) is 6.54. The molecule has 9 heteroatoms. The van der Waals surface area contributed by atoms with Gasteiger partial charge >= 0.3 is 5.97 Å². The maximum Gasteiger partial charge on any atom is 0.306 e. The molecule has 0 aliphatic carbocycles. The molecule has 0 spiro atoms. The normalized spacial score (nSPS) is 24.0. The number of carbonyl (C=O) groups is 1. The van der Waals surface area contributed by atoms with Gasteiger partial charge < -0.3 is 14.7 Å². The zero-order valence-electron chi connectivity index (χ0n) is 13.0. The highest BCUT2D eigenvalue weighted by atomic mass is 32.2. The van der Waals surface area contributed by atoms with E-state index in [0.29, 0.717) is 13.0 Å². The molecule has 2 unspecified atom stereocenters. The van der Waals surface area contributed by atoms with Crippen LogP contribution in [0.1, 0.15) is 12.8 Å². The lowest BCUT2D eigenvalue weighted by atomic mass is 10.2. The zero-order chi connectivity index (χ0) is 16.2. The van der Waals surface area contributed by atoms with Crippen LogP contribution in [0, 0.1) is 0 Å². The number of ether oxygens (including phenoxy) is 1. The van der Waals surface area contributed by atoms with Crippen LogP contribution < -0.4 is 0 Å². The van der Waals surface area contributed by atoms with E-state index >= 15 is 0 Å². The fraction of sp³-hybridized carbons (Fsp3) is 0.917. The Hall–Kier alpha value is -0.740. The van der Waals surface area contributed by atoms with E-state index in [1.165, 1.54) is 18.5 Å². The summed E-state index contributed by atoms with van der Waals surface area (Å²) in [5.41, 5.74) is 0. The number of β-amino-alcohol motifs (C(OH)–C–C–N with tert-alkyl or cyclic N) is 1. The quantitative estimate of drug-likeness (QED) is 0.587. The van der Waals surface area contributed by atoms with Crippen LogP contribution in [0.2, 0.25) is 0 Å². The van der Waals surface area contributed by atoms with Gasteiger partial charge in [-0.2, -0.15) is 17.0 Å². The first-order valence-electron chi connectivity index (χ1n) is 6.81. The molecule has 0 aromatic rings. The Morgan fingerprint density at radius 1 is 1.38 bits per heavy atom. The summed E-state index contributed by atoms with van der Waals surface area (Å²) in [6, 6.07) is -0.263. The van der Waals surface area contributed by atoms with E-state index in [1.807, 2.05) is 19.0 Å². The van der Waals surface area contributed by atoms with Crippen LogP contribution in [0.25, 0.3) is 0 Å². The molecule has 0 saturated carbocycles. The number of methoxy groups -OCH3 is 1. The smallest absolute Gasteiger partial charge is 0.306 e. The number of aliphatic hydroxyl groups excluding tert-OH is 1. The Morgan fingerprint density at radius 3 is 2.52 bits per heavy atom. The van der Waals surface area contributed by atoms with Crippen molar-refractivity contribution in [2.75, 3.05) is 47.9 Å². The van der Waals surface area contributed by atoms with Gasteiger partial charge in [-0.1, -0.05) is 0 Å². The van der Waals surface area contributed by atoms with Gasteiger partial charge in [0.2, 0.25) is 0 Å². The topological polar surface area (TPSA) is 90.4 Å². The number of likely N-dealkylation sites (N-methyl/N-ethyl adjacent to an activating group) is 1. The molecule has 1 saturated heterocycles. The average Bonchev–Trinajstić information content (AvgIpc) is 2.75. The van der Waals surface area contributed by atoms with Gasteiger partial charge in [0.25, 0.3) is 10.2 Å². The minimum Gasteiger partial charge on any atom is -0.469 e. The highest BCUT2D eigenvalue weighted by molar-refractivity contribution is 7.86. The molecule has 1 rings (SSSR count). The van der Waals surface area contributed by atoms with Gasteiger partial charge in [0.1, 0.15) is 0 Å². The number of rotatable bonds is 7. The molecule has 124 valence electrons. The molecule has 1 N–H and O–H groups in total. The predicted molar refractivity (Wildman–Crippen MR) is 77.9 cm³/mol. The first-order chi connectivity index (χ1) is 9.68. The number of aliphatic hydroxyl groups is 1. The zero-order valence-corrected chi connectivity index (χ0v) is 13.8. The number of esters is 1. The van der Waals surface area contributed by atoms with E-state index in [-0.39, 0.29) is 25.6 Å². The fourth-order valence-corrected chi connectivity index (χ4v) is 3.95. The molecule has 0 radical (unpaired) electrons. The third-order valence-electron chi connectivity index (χ3n) is 3.47. The van der Waals surface area contributed by atoms with E-state index in [0.717, 1.165) is 4.31 Å². The molecule has 2 atom stereocenters. The maximum atomic E-state index is 12.5. The van der Waals surface area contributed by atoms with E-state index in [2.05, 4.69) is 4.74 Å². The third kappa shape index (κ3) is 4.89. The van der Waals surface area contributed by atoms with Gasteiger partial charge in [0, 0.05) is 32.7 Å². The summed E-state index contributed by atoms with van der Waals surface area (Å²) in [5.74, 6) is -0.455. The van der Waals surface area contributed by atoms with Crippen molar-refractivity contribution in [3.05, 3.63) is 0 Å². The van der Waals surface area contributed by atoms with Crippen LogP contribution >= 0.6 is 0 Å². The highest BCUT2D eigenvalue weighted by Gasteiger charge is 2.40. The van der Waals surface area contributed by atoms with E-state index < -0.39 is 22.3 Å². The van der Waals surface area contributed by atoms with E-state index in [9.17, 15) is 18.3 Å².